The van der Waals surface area contributed by atoms with Gasteiger partial charge in [0, 0.05) is 13.1 Å². The highest BCUT2D eigenvalue weighted by atomic mass is 32.2. The lowest BCUT2D eigenvalue weighted by Crippen LogP contribution is -2.43. The maximum Gasteiger partial charge on any atom is 0.138 e. The Hall–Kier alpha value is -1.36. The average Bonchev–Trinajstić information content (AvgIpc) is 2.53. The van der Waals surface area contributed by atoms with Crippen LogP contribution in [0.3, 0.4) is 0 Å². The Balaban J connectivity index is 1.63. The lowest BCUT2D eigenvalue weighted by Gasteiger charge is -2.36. The van der Waals surface area contributed by atoms with Gasteiger partial charge in [0.05, 0.1) is 12.5 Å². The third-order valence-electron chi connectivity index (χ3n) is 3.46. The van der Waals surface area contributed by atoms with Gasteiger partial charge in [-0.25, -0.2) is 0 Å². The molecule has 0 N–H and O–H groups in total. The van der Waals surface area contributed by atoms with Crippen LogP contribution < -0.4 is 0 Å². The zero-order valence-electron chi connectivity index (χ0n) is 11.8. The van der Waals surface area contributed by atoms with Crippen LogP contribution in [0.1, 0.15) is 11.1 Å². The lowest BCUT2D eigenvalue weighted by molar-refractivity contribution is 0.201. The zero-order chi connectivity index (χ0) is 14.5. The number of nitrogens with zero attached hydrogens (tertiary/aromatic N) is 2. The summed E-state index contributed by atoms with van der Waals surface area (Å²) in [7, 11) is 0. The van der Waals surface area contributed by atoms with Crippen LogP contribution in [0.15, 0.2) is 60.7 Å². The third kappa shape index (κ3) is 4.06. The van der Waals surface area contributed by atoms with E-state index in [-0.39, 0.29) is 0 Å². The first-order valence-electron chi connectivity index (χ1n) is 7.03. The van der Waals surface area contributed by atoms with E-state index in [0.29, 0.717) is 0 Å². The number of hydrogen-bond acceptors (Lipinski definition) is 3. The molecule has 0 radical (unpaired) electrons. The van der Waals surface area contributed by atoms with Gasteiger partial charge in [0.15, 0.2) is 0 Å². The molecule has 1 saturated heterocycles. The van der Waals surface area contributed by atoms with Crippen molar-refractivity contribution >= 4 is 28.3 Å². The second-order valence-corrected chi connectivity index (χ2v) is 6.76. The second-order valence-electron chi connectivity index (χ2n) is 5.18. The summed E-state index contributed by atoms with van der Waals surface area (Å²) >= 11 is 7.26. The molecule has 108 valence electrons. The highest BCUT2D eigenvalue weighted by Gasteiger charge is 2.21. The number of benzene rings is 2. The Bertz CT molecular complexity index is 586. The van der Waals surface area contributed by atoms with Crippen molar-refractivity contribution in [3.05, 3.63) is 71.8 Å². The normalized spacial score (nSPS) is 16.2. The molecule has 0 atom stereocenters. The SMILES string of the molecule is S=C1SCN(Cc2ccccc2)CN1Cc1ccccc1. The van der Waals surface area contributed by atoms with E-state index in [9.17, 15) is 0 Å². The van der Waals surface area contributed by atoms with Gasteiger partial charge in [0.2, 0.25) is 0 Å². The van der Waals surface area contributed by atoms with Crippen LogP contribution >= 0.6 is 24.0 Å². The first kappa shape index (κ1) is 14.6. The van der Waals surface area contributed by atoms with E-state index in [1.54, 1.807) is 11.8 Å². The van der Waals surface area contributed by atoms with Crippen molar-refractivity contribution in [1.29, 1.82) is 0 Å². The van der Waals surface area contributed by atoms with E-state index in [0.717, 1.165) is 30.0 Å². The van der Waals surface area contributed by atoms with Crippen molar-refractivity contribution in [2.75, 3.05) is 12.5 Å². The third-order valence-corrected chi connectivity index (χ3v) is 5.08. The molecule has 1 heterocycles. The maximum absolute atomic E-state index is 5.51. The van der Waals surface area contributed by atoms with Crippen LogP contribution in [0.25, 0.3) is 0 Å². The fourth-order valence-electron chi connectivity index (χ4n) is 2.43. The molecule has 0 spiro atoms. The van der Waals surface area contributed by atoms with Crippen molar-refractivity contribution in [1.82, 2.24) is 9.80 Å². The Morgan fingerprint density at radius 3 is 2.05 bits per heavy atom. The highest BCUT2D eigenvalue weighted by molar-refractivity contribution is 8.22. The number of thioether (sulfide) groups is 1. The Morgan fingerprint density at radius 1 is 0.857 bits per heavy atom. The fourth-order valence-corrected chi connectivity index (χ4v) is 3.48. The van der Waals surface area contributed by atoms with Crippen molar-refractivity contribution in [3.8, 4) is 0 Å². The van der Waals surface area contributed by atoms with Crippen molar-refractivity contribution in [2.45, 2.75) is 13.1 Å². The molecule has 1 aliphatic rings. The predicted molar refractivity (Wildman–Crippen MR) is 93.9 cm³/mol. The van der Waals surface area contributed by atoms with Crippen LogP contribution in [0.2, 0.25) is 0 Å². The summed E-state index contributed by atoms with van der Waals surface area (Å²) in [6, 6.07) is 21.1. The first-order valence-corrected chi connectivity index (χ1v) is 8.42. The summed E-state index contributed by atoms with van der Waals surface area (Å²) in [5, 5.41) is 0. The van der Waals surface area contributed by atoms with Crippen molar-refractivity contribution in [3.63, 3.8) is 0 Å². The van der Waals surface area contributed by atoms with Gasteiger partial charge in [-0.3, -0.25) is 4.90 Å². The molecule has 0 amide bonds. The summed E-state index contributed by atoms with van der Waals surface area (Å²) in [6.45, 7) is 2.76. The molecule has 0 unspecified atom stereocenters. The second kappa shape index (κ2) is 7.07. The number of thiocarbonyl (C=S) groups is 1. The quantitative estimate of drug-likeness (QED) is 0.788. The number of hydrogen-bond donors (Lipinski definition) is 0. The van der Waals surface area contributed by atoms with Gasteiger partial charge in [-0.15, -0.1) is 0 Å². The van der Waals surface area contributed by atoms with E-state index in [2.05, 4.69) is 70.5 Å². The van der Waals surface area contributed by atoms with Crippen LogP contribution in [0, 0.1) is 0 Å². The van der Waals surface area contributed by atoms with E-state index < -0.39 is 0 Å². The minimum atomic E-state index is 0.887. The van der Waals surface area contributed by atoms with E-state index in [4.69, 9.17) is 12.2 Å². The monoisotopic (exact) mass is 314 g/mol. The minimum absolute atomic E-state index is 0.887. The van der Waals surface area contributed by atoms with Crippen LogP contribution in [-0.2, 0) is 13.1 Å². The molecule has 0 aliphatic carbocycles. The van der Waals surface area contributed by atoms with Gasteiger partial charge in [-0.1, -0.05) is 84.6 Å². The molecule has 0 bridgehead atoms. The van der Waals surface area contributed by atoms with Gasteiger partial charge in [-0.2, -0.15) is 0 Å². The van der Waals surface area contributed by atoms with Crippen molar-refractivity contribution < 1.29 is 0 Å². The fraction of sp³-hybridized carbons (Fsp3) is 0.235. The van der Waals surface area contributed by atoms with Gasteiger partial charge < -0.3 is 4.90 Å². The Kier molecular flexibility index (Phi) is 4.91. The molecule has 3 rings (SSSR count). The first-order chi connectivity index (χ1) is 10.3. The summed E-state index contributed by atoms with van der Waals surface area (Å²) in [6.07, 6.45) is 0. The highest BCUT2D eigenvalue weighted by Crippen LogP contribution is 2.22. The summed E-state index contributed by atoms with van der Waals surface area (Å²) in [4.78, 5) is 4.71. The molecule has 4 heteroatoms. The molecule has 0 aromatic heterocycles. The van der Waals surface area contributed by atoms with Gasteiger partial charge in [0.1, 0.15) is 4.32 Å². The Morgan fingerprint density at radius 2 is 1.43 bits per heavy atom. The van der Waals surface area contributed by atoms with Gasteiger partial charge in [0.25, 0.3) is 0 Å². The smallest absolute Gasteiger partial charge is 0.138 e. The topological polar surface area (TPSA) is 6.48 Å². The molecule has 0 saturated carbocycles. The standard InChI is InChI=1S/C17H18N2S2/c20-17-19(12-16-9-5-2-6-10-16)13-18(14-21-17)11-15-7-3-1-4-8-15/h1-10H,11-14H2. The maximum atomic E-state index is 5.51. The van der Waals surface area contributed by atoms with E-state index in [1.165, 1.54) is 11.1 Å². The van der Waals surface area contributed by atoms with E-state index in [1.807, 2.05) is 0 Å². The average molecular weight is 314 g/mol. The van der Waals surface area contributed by atoms with Crippen LogP contribution in [0.5, 0.6) is 0 Å². The van der Waals surface area contributed by atoms with Crippen LogP contribution in [-0.4, -0.2) is 26.7 Å². The minimum Gasteiger partial charge on any atom is -0.340 e. The lowest BCUT2D eigenvalue weighted by atomic mass is 10.2. The molecule has 1 aliphatic heterocycles. The number of rotatable bonds is 4. The van der Waals surface area contributed by atoms with E-state index >= 15 is 0 Å². The molecule has 2 nitrogen and oxygen atoms in total. The van der Waals surface area contributed by atoms with Gasteiger partial charge >= 0.3 is 0 Å². The van der Waals surface area contributed by atoms with Gasteiger partial charge in [-0.05, 0) is 11.1 Å². The van der Waals surface area contributed by atoms with Crippen LogP contribution in [0.4, 0.5) is 0 Å². The zero-order valence-corrected chi connectivity index (χ0v) is 13.4. The molecule has 2 aromatic rings. The molecule has 21 heavy (non-hydrogen) atoms. The summed E-state index contributed by atoms with van der Waals surface area (Å²) in [5.41, 5.74) is 2.66. The summed E-state index contributed by atoms with van der Waals surface area (Å²) < 4.78 is 1.00. The molecule has 2 aromatic carbocycles. The molecular formula is C17H18N2S2. The largest absolute Gasteiger partial charge is 0.340 e. The predicted octanol–water partition coefficient (Wildman–Crippen LogP) is 3.94. The summed E-state index contributed by atoms with van der Waals surface area (Å²) in [5.74, 6) is 0.971. The van der Waals surface area contributed by atoms with Crippen molar-refractivity contribution in [2.24, 2.45) is 0 Å². The molecular weight excluding hydrogens is 296 g/mol. The Labute approximate surface area is 135 Å². The molecule has 1 fully saturated rings.